The first-order valence-corrected chi connectivity index (χ1v) is 16.3. The van der Waals surface area contributed by atoms with Crippen LogP contribution in [0.2, 0.25) is 0 Å². The van der Waals surface area contributed by atoms with Gasteiger partial charge in [0.2, 0.25) is 0 Å². The van der Waals surface area contributed by atoms with Crippen LogP contribution in [0, 0.1) is 0 Å². The van der Waals surface area contributed by atoms with Crippen molar-refractivity contribution in [3.8, 4) is 0 Å². The molecule has 0 aliphatic rings. The molecule has 1 aromatic heterocycles. The summed E-state index contributed by atoms with van der Waals surface area (Å²) >= 11 is 0. The number of rotatable bonds is 27. The number of aromatic nitrogens is 1. The summed E-state index contributed by atoms with van der Waals surface area (Å²) in [4.78, 5) is 0. The molecule has 0 aliphatic heterocycles. The third-order valence-electron chi connectivity index (χ3n) is 7.76. The molecule has 35 heavy (non-hydrogen) atoms. The van der Waals surface area contributed by atoms with Gasteiger partial charge in [-0.25, -0.2) is 4.57 Å². The van der Waals surface area contributed by atoms with Gasteiger partial charge >= 0.3 is 0 Å². The zero-order valence-electron chi connectivity index (χ0n) is 24.3. The highest BCUT2D eigenvalue weighted by Gasteiger charge is 2.03. The van der Waals surface area contributed by atoms with E-state index in [4.69, 9.17) is 0 Å². The van der Waals surface area contributed by atoms with Crippen LogP contribution < -0.4 is 4.57 Å². The van der Waals surface area contributed by atoms with Crippen LogP contribution in [-0.2, 0) is 13.0 Å². The van der Waals surface area contributed by atoms with Crippen molar-refractivity contribution in [3.05, 3.63) is 30.1 Å². The minimum atomic E-state index is 1.20. The molecule has 0 saturated heterocycles. The Kier molecular flexibility index (Phi) is 24.1. The number of hydrogen-bond donors (Lipinski definition) is 0. The van der Waals surface area contributed by atoms with Crippen molar-refractivity contribution in [1.82, 2.24) is 0 Å². The number of aryl methyl sites for hydroxylation is 2. The minimum absolute atomic E-state index is 1.20. The van der Waals surface area contributed by atoms with Crippen molar-refractivity contribution in [1.29, 1.82) is 0 Å². The number of nitrogens with zero attached hydrogens (tertiary/aromatic N) is 1. The zero-order valence-corrected chi connectivity index (χ0v) is 24.3. The van der Waals surface area contributed by atoms with Gasteiger partial charge in [-0.05, 0) is 25.3 Å². The Balaban J connectivity index is 1.87. The molecule has 0 saturated carbocycles. The van der Waals surface area contributed by atoms with Gasteiger partial charge in [0, 0.05) is 18.1 Å². The van der Waals surface area contributed by atoms with Crippen LogP contribution >= 0.6 is 0 Å². The standard InChI is InChI=1S/C34H64N/c1-3-5-7-9-11-13-14-15-16-17-18-19-20-21-23-25-27-31-35-32-28-30-34(33-35)29-26-24-22-12-10-8-6-4-2/h28,30,32-33H,3-27,29,31H2,1-2H3/q+1. The molecule has 1 heteroatoms. The maximum Gasteiger partial charge on any atom is 0.171 e. The Morgan fingerprint density at radius 1 is 0.457 bits per heavy atom. The van der Waals surface area contributed by atoms with Gasteiger partial charge < -0.3 is 0 Å². The Hall–Kier alpha value is -0.850. The van der Waals surface area contributed by atoms with Crippen molar-refractivity contribution in [3.63, 3.8) is 0 Å². The predicted molar refractivity (Wildman–Crippen MR) is 157 cm³/mol. The summed E-state index contributed by atoms with van der Waals surface area (Å²) in [6.07, 6.45) is 41.8. The molecule has 0 fully saturated rings. The number of unbranched alkanes of at least 4 members (excludes halogenated alkanes) is 23. The molecule has 0 unspecified atom stereocenters. The first kappa shape index (κ1) is 32.2. The van der Waals surface area contributed by atoms with Crippen molar-refractivity contribution in [2.24, 2.45) is 0 Å². The van der Waals surface area contributed by atoms with E-state index < -0.39 is 0 Å². The SMILES string of the molecule is CCCCCCCCCCCCCCCCCCC[n+]1cccc(CCCCCCCCCC)c1. The monoisotopic (exact) mass is 487 g/mol. The third-order valence-corrected chi connectivity index (χ3v) is 7.76. The average molecular weight is 487 g/mol. The lowest BCUT2D eigenvalue weighted by atomic mass is 10.0. The molecule has 0 radical (unpaired) electrons. The van der Waals surface area contributed by atoms with Gasteiger partial charge in [0.1, 0.15) is 6.54 Å². The highest BCUT2D eigenvalue weighted by Crippen LogP contribution is 2.14. The van der Waals surface area contributed by atoms with Gasteiger partial charge in [0.05, 0.1) is 0 Å². The predicted octanol–water partition coefficient (Wildman–Crippen LogP) is 11.3. The van der Waals surface area contributed by atoms with Crippen LogP contribution in [0.1, 0.15) is 180 Å². The Morgan fingerprint density at radius 3 is 1.26 bits per heavy atom. The Bertz CT molecular complexity index is 537. The van der Waals surface area contributed by atoms with E-state index in [1.165, 1.54) is 179 Å². The largest absolute Gasteiger partial charge is 0.205 e. The van der Waals surface area contributed by atoms with E-state index in [1.54, 1.807) is 0 Å². The van der Waals surface area contributed by atoms with E-state index in [9.17, 15) is 0 Å². The quantitative estimate of drug-likeness (QED) is 0.0859. The summed E-state index contributed by atoms with van der Waals surface area (Å²) in [7, 11) is 0. The topological polar surface area (TPSA) is 3.88 Å². The van der Waals surface area contributed by atoms with E-state index in [0.717, 1.165) is 0 Å². The lowest BCUT2D eigenvalue weighted by Gasteiger charge is -2.04. The van der Waals surface area contributed by atoms with Crippen LogP contribution in [0.3, 0.4) is 0 Å². The van der Waals surface area contributed by atoms with Gasteiger partial charge in [-0.2, -0.15) is 0 Å². The lowest BCUT2D eigenvalue weighted by molar-refractivity contribution is -0.697. The van der Waals surface area contributed by atoms with Crippen molar-refractivity contribution < 1.29 is 4.57 Å². The maximum atomic E-state index is 2.44. The first-order chi connectivity index (χ1) is 17.4. The molecule has 1 nitrogen and oxygen atoms in total. The smallest absolute Gasteiger partial charge is 0.171 e. The van der Waals surface area contributed by atoms with E-state index in [0.29, 0.717) is 0 Å². The van der Waals surface area contributed by atoms with Gasteiger partial charge in [-0.1, -0.05) is 155 Å². The summed E-state index contributed by atoms with van der Waals surface area (Å²) in [5.74, 6) is 0. The zero-order chi connectivity index (χ0) is 25.1. The normalized spacial score (nSPS) is 11.4. The molecule has 0 aromatic carbocycles. The second-order valence-corrected chi connectivity index (χ2v) is 11.3. The minimum Gasteiger partial charge on any atom is -0.205 e. The average Bonchev–Trinajstić information content (AvgIpc) is 2.88. The maximum absolute atomic E-state index is 2.44. The molecule has 0 bridgehead atoms. The lowest BCUT2D eigenvalue weighted by Crippen LogP contribution is -2.33. The second kappa shape index (κ2) is 26.2. The van der Waals surface area contributed by atoms with E-state index in [1.807, 2.05) is 0 Å². The molecule has 1 heterocycles. The van der Waals surface area contributed by atoms with Crippen LogP contribution in [0.15, 0.2) is 24.5 Å². The summed E-state index contributed by atoms with van der Waals surface area (Å²) < 4.78 is 2.44. The van der Waals surface area contributed by atoms with E-state index in [-0.39, 0.29) is 0 Å². The molecule has 204 valence electrons. The van der Waals surface area contributed by atoms with Crippen molar-refractivity contribution in [2.45, 2.75) is 187 Å². The van der Waals surface area contributed by atoms with E-state index >= 15 is 0 Å². The summed E-state index contributed by atoms with van der Waals surface area (Å²) in [5.41, 5.74) is 1.53. The molecule has 1 aromatic rings. The van der Waals surface area contributed by atoms with Crippen molar-refractivity contribution in [2.75, 3.05) is 0 Å². The summed E-state index contributed by atoms with van der Waals surface area (Å²) in [6, 6.07) is 4.58. The fraction of sp³-hybridized carbons (Fsp3) is 0.853. The number of hydrogen-bond acceptors (Lipinski definition) is 0. The molecule has 0 aliphatic carbocycles. The van der Waals surface area contributed by atoms with Gasteiger partial charge in [0.25, 0.3) is 0 Å². The highest BCUT2D eigenvalue weighted by atomic mass is 14.9. The van der Waals surface area contributed by atoms with Crippen LogP contribution in [0.5, 0.6) is 0 Å². The van der Waals surface area contributed by atoms with Crippen LogP contribution in [0.25, 0.3) is 0 Å². The second-order valence-electron chi connectivity index (χ2n) is 11.3. The summed E-state index contributed by atoms with van der Waals surface area (Å²) in [5, 5.41) is 0. The molecule has 0 atom stereocenters. The highest BCUT2D eigenvalue weighted by molar-refractivity contribution is 5.05. The van der Waals surface area contributed by atoms with Gasteiger partial charge in [0.15, 0.2) is 12.4 Å². The Labute approximate surface area is 221 Å². The molecule has 0 spiro atoms. The molecule has 0 amide bonds. The molecular formula is C34H64N+. The molecular weight excluding hydrogens is 422 g/mol. The van der Waals surface area contributed by atoms with Crippen molar-refractivity contribution >= 4 is 0 Å². The van der Waals surface area contributed by atoms with Gasteiger partial charge in [-0.15, -0.1) is 0 Å². The fourth-order valence-electron chi connectivity index (χ4n) is 5.35. The first-order valence-electron chi connectivity index (χ1n) is 16.3. The summed E-state index contributed by atoms with van der Waals surface area (Å²) in [6.45, 7) is 5.80. The molecule has 0 N–H and O–H groups in total. The van der Waals surface area contributed by atoms with E-state index in [2.05, 4.69) is 42.9 Å². The Morgan fingerprint density at radius 2 is 0.829 bits per heavy atom. The third kappa shape index (κ3) is 22.1. The van der Waals surface area contributed by atoms with Gasteiger partial charge in [-0.3, -0.25) is 0 Å². The van der Waals surface area contributed by atoms with Crippen LogP contribution in [0.4, 0.5) is 0 Å². The van der Waals surface area contributed by atoms with Crippen LogP contribution in [-0.4, -0.2) is 0 Å². The number of pyridine rings is 1. The molecule has 1 rings (SSSR count). The fourth-order valence-corrected chi connectivity index (χ4v) is 5.35.